The number of nitrogens with one attached hydrogen (secondary N) is 1. The van der Waals surface area contributed by atoms with Gasteiger partial charge in [-0.2, -0.15) is 4.98 Å². The van der Waals surface area contributed by atoms with Gasteiger partial charge in [0.2, 0.25) is 5.82 Å². The Kier molecular flexibility index (Phi) is 3.73. The number of hydrogen-bond acceptors (Lipinski definition) is 7. The van der Waals surface area contributed by atoms with Gasteiger partial charge in [-0.3, -0.25) is 9.78 Å². The third-order valence-electron chi connectivity index (χ3n) is 2.77. The van der Waals surface area contributed by atoms with Crippen LogP contribution in [0.15, 0.2) is 47.4 Å². The van der Waals surface area contributed by atoms with Crippen LogP contribution in [0.25, 0.3) is 11.5 Å². The summed E-state index contributed by atoms with van der Waals surface area (Å²) < 4.78 is 10.1. The number of carbonyl (C=O) groups excluding carboxylic acids is 1. The Hall–Kier alpha value is -3.29. The van der Waals surface area contributed by atoms with E-state index in [1.54, 1.807) is 24.3 Å². The normalized spacial score (nSPS) is 10.2. The van der Waals surface area contributed by atoms with E-state index in [-0.39, 0.29) is 11.7 Å². The van der Waals surface area contributed by atoms with Crippen LogP contribution in [0.4, 0.5) is 5.69 Å². The van der Waals surface area contributed by atoms with Gasteiger partial charge in [0.05, 0.1) is 19.0 Å². The molecule has 2 heterocycles. The summed E-state index contributed by atoms with van der Waals surface area (Å²) in [7, 11) is 1.52. The number of aromatic nitrogens is 4. The number of carbonyl (C=O) groups is 1. The Morgan fingerprint density at radius 2 is 2.14 bits per heavy atom. The van der Waals surface area contributed by atoms with E-state index >= 15 is 0 Å². The van der Waals surface area contributed by atoms with Crippen molar-refractivity contribution in [2.24, 2.45) is 0 Å². The van der Waals surface area contributed by atoms with Gasteiger partial charge in [0.25, 0.3) is 0 Å². The van der Waals surface area contributed by atoms with Crippen LogP contribution < -0.4 is 10.1 Å². The second-order valence-electron chi connectivity index (χ2n) is 4.17. The number of nitrogens with zero attached hydrogens (tertiary/aromatic N) is 4. The average molecular weight is 297 g/mol. The Bertz CT molecular complexity index is 788. The summed E-state index contributed by atoms with van der Waals surface area (Å²) in [6.07, 6.45) is 4.51. The van der Waals surface area contributed by atoms with Crippen molar-refractivity contribution in [3.05, 3.63) is 48.7 Å². The highest BCUT2D eigenvalue weighted by atomic mass is 16.5. The van der Waals surface area contributed by atoms with Gasteiger partial charge in [0, 0.05) is 12.4 Å². The minimum Gasteiger partial charge on any atom is -0.495 e. The molecule has 0 fully saturated rings. The van der Waals surface area contributed by atoms with Crippen LogP contribution in [0.5, 0.6) is 5.75 Å². The molecule has 0 saturated heterocycles. The first-order valence-electron chi connectivity index (χ1n) is 6.32. The van der Waals surface area contributed by atoms with Crippen LogP contribution in [-0.2, 0) is 0 Å². The van der Waals surface area contributed by atoms with Gasteiger partial charge in [-0.25, -0.2) is 4.98 Å². The lowest BCUT2D eigenvalue weighted by Crippen LogP contribution is -2.13. The topological polar surface area (TPSA) is 103 Å². The summed E-state index contributed by atoms with van der Waals surface area (Å²) in [5.41, 5.74) is 0.928. The predicted octanol–water partition coefficient (Wildman–Crippen LogP) is 1.79. The smallest absolute Gasteiger partial charge is 0.316 e. The van der Waals surface area contributed by atoms with Crippen molar-refractivity contribution < 1.29 is 14.1 Å². The van der Waals surface area contributed by atoms with Crippen LogP contribution in [-0.4, -0.2) is 33.1 Å². The molecule has 0 unspecified atom stereocenters. The molecule has 1 N–H and O–H groups in total. The van der Waals surface area contributed by atoms with Gasteiger partial charge in [-0.1, -0.05) is 17.3 Å². The number of ether oxygens (including phenoxy) is 1. The molecule has 0 bridgehead atoms. The maximum absolute atomic E-state index is 12.1. The summed E-state index contributed by atoms with van der Waals surface area (Å²) in [5.74, 6) is 0.0153. The Balaban J connectivity index is 1.80. The third-order valence-corrected chi connectivity index (χ3v) is 2.77. The van der Waals surface area contributed by atoms with E-state index in [0.29, 0.717) is 17.1 Å². The molecule has 8 heteroatoms. The van der Waals surface area contributed by atoms with Crippen molar-refractivity contribution in [1.29, 1.82) is 0 Å². The molecule has 3 rings (SSSR count). The fourth-order valence-corrected chi connectivity index (χ4v) is 1.76. The number of methoxy groups -OCH3 is 1. The fourth-order valence-electron chi connectivity index (χ4n) is 1.76. The van der Waals surface area contributed by atoms with Crippen molar-refractivity contribution in [1.82, 2.24) is 20.1 Å². The number of anilines is 1. The van der Waals surface area contributed by atoms with Crippen molar-refractivity contribution in [3.8, 4) is 17.3 Å². The first-order valence-corrected chi connectivity index (χ1v) is 6.32. The number of rotatable bonds is 4. The third kappa shape index (κ3) is 2.75. The summed E-state index contributed by atoms with van der Waals surface area (Å²) in [4.78, 5) is 24.1. The molecular formula is C14H11N5O3. The first kappa shape index (κ1) is 13.7. The van der Waals surface area contributed by atoms with E-state index in [9.17, 15) is 4.79 Å². The van der Waals surface area contributed by atoms with Gasteiger partial charge >= 0.3 is 11.8 Å². The molecule has 8 nitrogen and oxygen atoms in total. The Labute approximate surface area is 125 Å². The maximum Gasteiger partial charge on any atom is 0.316 e. The van der Waals surface area contributed by atoms with Crippen molar-refractivity contribution in [2.45, 2.75) is 0 Å². The standard InChI is InChI=1S/C14H11N5O3/c1-21-11-5-3-2-4-9(11)17-13(20)14-18-12(19-22-14)10-8-15-6-7-16-10/h2-8H,1H3,(H,17,20). The van der Waals surface area contributed by atoms with Crippen molar-refractivity contribution in [2.75, 3.05) is 12.4 Å². The highest BCUT2D eigenvalue weighted by molar-refractivity contribution is 6.01. The lowest BCUT2D eigenvalue weighted by atomic mass is 10.3. The largest absolute Gasteiger partial charge is 0.495 e. The Morgan fingerprint density at radius 3 is 2.91 bits per heavy atom. The lowest BCUT2D eigenvalue weighted by molar-refractivity contribution is 0.0981. The average Bonchev–Trinajstić information content (AvgIpc) is 3.06. The highest BCUT2D eigenvalue weighted by Gasteiger charge is 2.18. The second kappa shape index (κ2) is 6.00. The number of para-hydroxylation sites is 2. The number of amides is 1. The van der Waals surface area contributed by atoms with Crippen LogP contribution in [0.2, 0.25) is 0 Å². The Morgan fingerprint density at radius 1 is 1.27 bits per heavy atom. The second-order valence-corrected chi connectivity index (χ2v) is 4.17. The van der Waals surface area contributed by atoms with Gasteiger partial charge in [0.15, 0.2) is 0 Å². The van der Waals surface area contributed by atoms with Crippen molar-refractivity contribution >= 4 is 11.6 Å². The summed E-state index contributed by atoms with van der Waals surface area (Å²) in [6.45, 7) is 0. The van der Waals surface area contributed by atoms with Crippen LogP contribution in [0.3, 0.4) is 0 Å². The molecule has 1 amide bonds. The zero-order valence-corrected chi connectivity index (χ0v) is 11.6. The minimum absolute atomic E-state index is 0.174. The van der Waals surface area contributed by atoms with Crippen LogP contribution in [0, 0.1) is 0 Å². The van der Waals surface area contributed by atoms with Gasteiger partial charge in [-0.05, 0) is 12.1 Å². The lowest BCUT2D eigenvalue weighted by Gasteiger charge is -2.07. The molecular weight excluding hydrogens is 286 g/mol. The SMILES string of the molecule is COc1ccccc1NC(=O)c1nc(-c2cnccn2)no1. The zero-order chi connectivity index (χ0) is 15.4. The minimum atomic E-state index is -0.535. The van der Waals surface area contributed by atoms with Crippen LogP contribution in [0.1, 0.15) is 10.7 Å². The summed E-state index contributed by atoms with van der Waals surface area (Å²) in [6, 6.07) is 7.01. The molecule has 0 radical (unpaired) electrons. The molecule has 0 aliphatic rings. The maximum atomic E-state index is 12.1. The molecule has 0 aliphatic heterocycles. The first-order chi connectivity index (χ1) is 10.8. The zero-order valence-electron chi connectivity index (χ0n) is 11.6. The van der Waals surface area contributed by atoms with E-state index in [0.717, 1.165) is 0 Å². The van der Waals surface area contributed by atoms with Crippen molar-refractivity contribution in [3.63, 3.8) is 0 Å². The van der Waals surface area contributed by atoms with E-state index in [1.807, 2.05) is 0 Å². The molecule has 0 spiro atoms. The summed E-state index contributed by atoms with van der Waals surface area (Å²) in [5, 5.41) is 6.36. The number of benzene rings is 1. The van der Waals surface area contributed by atoms with E-state index < -0.39 is 5.91 Å². The monoisotopic (exact) mass is 297 g/mol. The molecule has 1 aromatic carbocycles. The molecule has 0 aliphatic carbocycles. The molecule has 3 aromatic rings. The van der Waals surface area contributed by atoms with E-state index in [2.05, 4.69) is 25.4 Å². The van der Waals surface area contributed by atoms with Gasteiger partial charge in [0.1, 0.15) is 11.4 Å². The predicted molar refractivity (Wildman–Crippen MR) is 76.3 cm³/mol. The number of hydrogen-bond donors (Lipinski definition) is 1. The molecule has 22 heavy (non-hydrogen) atoms. The summed E-state index contributed by atoms with van der Waals surface area (Å²) >= 11 is 0. The molecule has 110 valence electrons. The molecule has 2 aromatic heterocycles. The molecule has 0 atom stereocenters. The quantitative estimate of drug-likeness (QED) is 0.782. The van der Waals surface area contributed by atoms with E-state index in [1.165, 1.54) is 25.7 Å². The van der Waals surface area contributed by atoms with Crippen LogP contribution >= 0.6 is 0 Å². The fraction of sp³-hybridized carbons (Fsp3) is 0.0714. The van der Waals surface area contributed by atoms with Gasteiger partial charge < -0.3 is 14.6 Å². The molecule has 0 saturated carbocycles. The van der Waals surface area contributed by atoms with E-state index in [4.69, 9.17) is 9.26 Å². The highest BCUT2D eigenvalue weighted by Crippen LogP contribution is 2.23. The van der Waals surface area contributed by atoms with Gasteiger partial charge in [-0.15, -0.1) is 0 Å².